The summed E-state index contributed by atoms with van der Waals surface area (Å²) in [5, 5.41) is 4.46. The first-order valence-electron chi connectivity index (χ1n) is 6.96. The van der Waals surface area contributed by atoms with Crippen LogP contribution in [0.3, 0.4) is 0 Å². The van der Waals surface area contributed by atoms with Gasteiger partial charge in [-0.15, -0.1) is 11.3 Å². The number of nitrogens with one attached hydrogen (secondary N) is 1. The van der Waals surface area contributed by atoms with Crippen LogP contribution in [0.25, 0.3) is 4.96 Å². The van der Waals surface area contributed by atoms with E-state index in [1.165, 1.54) is 11.3 Å². The molecular formula is C13H14N6O2S. The number of piperidine rings is 1. The molecule has 1 fully saturated rings. The molecule has 0 unspecified atom stereocenters. The molecule has 0 radical (unpaired) electrons. The van der Waals surface area contributed by atoms with Crippen LogP contribution in [0.1, 0.15) is 23.3 Å². The molecule has 114 valence electrons. The Kier molecular flexibility index (Phi) is 2.73. The minimum absolute atomic E-state index is 0.110. The number of likely N-dealkylation sites (tertiary alicyclic amines) is 1. The average Bonchev–Trinajstić information content (AvgIpc) is 3.14. The molecule has 9 heteroatoms. The molecule has 2 aromatic rings. The number of carbonyl (C=O) groups is 2. The number of amides is 2. The molecule has 0 saturated carbocycles. The molecule has 1 spiro atoms. The number of hydrogen-bond donors (Lipinski definition) is 2. The van der Waals surface area contributed by atoms with Gasteiger partial charge in [-0.3, -0.25) is 19.3 Å². The van der Waals surface area contributed by atoms with Gasteiger partial charge in [-0.25, -0.2) is 9.98 Å². The number of imidazole rings is 1. The fourth-order valence-electron chi connectivity index (χ4n) is 2.95. The van der Waals surface area contributed by atoms with E-state index in [0.29, 0.717) is 31.6 Å². The van der Waals surface area contributed by atoms with Crippen molar-refractivity contribution in [3.05, 3.63) is 23.5 Å². The minimum atomic E-state index is -0.796. The molecule has 1 saturated heterocycles. The topological polar surface area (TPSA) is 105 Å². The van der Waals surface area contributed by atoms with E-state index in [9.17, 15) is 9.59 Å². The van der Waals surface area contributed by atoms with Crippen molar-refractivity contribution in [1.29, 1.82) is 0 Å². The summed E-state index contributed by atoms with van der Waals surface area (Å²) in [6.07, 6.45) is 4.56. The van der Waals surface area contributed by atoms with Gasteiger partial charge in [0.1, 0.15) is 11.2 Å². The Morgan fingerprint density at radius 1 is 1.41 bits per heavy atom. The van der Waals surface area contributed by atoms with E-state index in [2.05, 4.69) is 15.3 Å². The lowest BCUT2D eigenvalue weighted by molar-refractivity contribution is -0.125. The summed E-state index contributed by atoms with van der Waals surface area (Å²) in [5.74, 6) is -0.111. The Labute approximate surface area is 129 Å². The summed E-state index contributed by atoms with van der Waals surface area (Å²) in [6, 6.07) is 0. The first kappa shape index (κ1) is 13.3. The highest BCUT2D eigenvalue weighted by Gasteiger charge is 2.46. The number of aliphatic imine (C=N–C) groups is 1. The fraction of sp³-hybridized carbons (Fsp3) is 0.385. The number of carbonyl (C=O) groups excluding carboxylic acids is 2. The summed E-state index contributed by atoms with van der Waals surface area (Å²) >= 11 is 1.48. The normalized spacial score (nSPS) is 20.5. The molecular weight excluding hydrogens is 304 g/mol. The molecule has 4 heterocycles. The maximum atomic E-state index is 12.5. The van der Waals surface area contributed by atoms with Gasteiger partial charge in [0.15, 0.2) is 10.9 Å². The number of nitrogens with two attached hydrogens (primary N) is 1. The molecule has 4 rings (SSSR count). The van der Waals surface area contributed by atoms with Gasteiger partial charge in [0.25, 0.3) is 11.8 Å². The Bertz CT molecular complexity index is 770. The summed E-state index contributed by atoms with van der Waals surface area (Å²) in [6.45, 7) is 0.933. The van der Waals surface area contributed by atoms with E-state index in [1.54, 1.807) is 11.1 Å². The number of nitrogens with zero attached hydrogens (tertiary/aromatic N) is 4. The molecule has 2 amide bonds. The number of hydrogen-bond acceptors (Lipinski definition) is 6. The molecule has 0 aromatic carbocycles. The Balaban J connectivity index is 1.50. The highest BCUT2D eigenvalue weighted by molar-refractivity contribution is 7.15. The second kappa shape index (κ2) is 4.54. The van der Waals surface area contributed by atoms with Crippen LogP contribution in [-0.2, 0) is 4.79 Å². The van der Waals surface area contributed by atoms with Gasteiger partial charge in [-0.05, 0) is 12.8 Å². The van der Waals surface area contributed by atoms with Crippen LogP contribution in [0.2, 0.25) is 0 Å². The number of guanidine groups is 1. The molecule has 22 heavy (non-hydrogen) atoms. The van der Waals surface area contributed by atoms with E-state index in [0.717, 1.165) is 4.96 Å². The van der Waals surface area contributed by atoms with Crippen molar-refractivity contribution in [2.45, 2.75) is 18.4 Å². The van der Waals surface area contributed by atoms with Crippen molar-refractivity contribution >= 4 is 34.1 Å². The average molecular weight is 318 g/mol. The largest absolute Gasteiger partial charge is 0.370 e. The van der Waals surface area contributed by atoms with Crippen LogP contribution in [0, 0.1) is 0 Å². The maximum Gasteiger partial charge on any atom is 0.274 e. The van der Waals surface area contributed by atoms with Crippen molar-refractivity contribution in [3.8, 4) is 0 Å². The van der Waals surface area contributed by atoms with Crippen molar-refractivity contribution < 1.29 is 9.59 Å². The Hall–Kier alpha value is -2.42. The van der Waals surface area contributed by atoms with Crippen molar-refractivity contribution in [1.82, 2.24) is 19.6 Å². The molecule has 0 aliphatic carbocycles. The van der Waals surface area contributed by atoms with Crippen LogP contribution >= 0.6 is 11.3 Å². The number of aromatic nitrogens is 2. The number of fused-ring (bicyclic) bond motifs is 1. The van der Waals surface area contributed by atoms with Crippen molar-refractivity contribution in [2.24, 2.45) is 10.7 Å². The molecule has 2 aromatic heterocycles. The molecule has 0 atom stereocenters. The lowest BCUT2D eigenvalue weighted by atomic mass is 9.88. The second-order valence-electron chi connectivity index (χ2n) is 5.49. The van der Waals surface area contributed by atoms with Gasteiger partial charge >= 0.3 is 0 Å². The van der Waals surface area contributed by atoms with Gasteiger partial charge in [-0.2, -0.15) is 0 Å². The highest BCUT2D eigenvalue weighted by Crippen LogP contribution is 2.30. The van der Waals surface area contributed by atoms with E-state index < -0.39 is 5.54 Å². The highest BCUT2D eigenvalue weighted by atomic mass is 32.1. The smallest absolute Gasteiger partial charge is 0.274 e. The zero-order chi connectivity index (χ0) is 15.3. The van der Waals surface area contributed by atoms with Crippen LogP contribution < -0.4 is 11.1 Å². The van der Waals surface area contributed by atoms with E-state index in [-0.39, 0.29) is 17.8 Å². The molecule has 3 N–H and O–H groups in total. The summed E-state index contributed by atoms with van der Waals surface area (Å²) in [4.78, 5) is 35.5. The molecule has 2 aliphatic heterocycles. The maximum absolute atomic E-state index is 12.5. The standard InChI is InChI=1S/C13H14N6O2S/c14-11-16-10(21)13(17-11)1-3-18(4-2-13)9(20)8-7-19-5-6-22-12(19)15-8/h5-7H,1-4H2,(H3,14,16,17,21). The van der Waals surface area contributed by atoms with Gasteiger partial charge < -0.3 is 10.6 Å². The lowest BCUT2D eigenvalue weighted by Gasteiger charge is -2.35. The second-order valence-corrected chi connectivity index (χ2v) is 6.37. The Morgan fingerprint density at radius 2 is 2.18 bits per heavy atom. The summed E-state index contributed by atoms with van der Waals surface area (Å²) in [5.41, 5.74) is 5.21. The van der Waals surface area contributed by atoms with Crippen molar-refractivity contribution in [2.75, 3.05) is 13.1 Å². The molecule has 2 aliphatic rings. The first-order chi connectivity index (χ1) is 10.6. The minimum Gasteiger partial charge on any atom is -0.370 e. The predicted molar refractivity (Wildman–Crippen MR) is 80.7 cm³/mol. The number of rotatable bonds is 1. The van der Waals surface area contributed by atoms with E-state index >= 15 is 0 Å². The third-order valence-electron chi connectivity index (χ3n) is 4.19. The monoisotopic (exact) mass is 318 g/mol. The quantitative estimate of drug-likeness (QED) is 0.760. The summed E-state index contributed by atoms with van der Waals surface area (Å²) in [7, 11) is 0. The van der Waals surface area contributed by atoms with E-state index in [4.69, 9.17) is 5.73 Å². The van der Waals surface area contributed by atoms with Crippen molar-refractivity contribution in [3.63, 3.8) is 0 Å². The van der Waals surface area contributed by atoms with Crippen LogP contribution in [-0.4, -0.2) is 50.7 Å². The van der Waals surface area contributed by atoms with Gasteiger partial charge in [0.05, 0.1) is 0 Å². The SMILES string of the molecule is NC1=NC2(CCN(C(=O)c3cn4ccsc4n3)CC2)C(=O)N1. The third kappa shape index (κ3) is 1.89. The summed E-state index contributed by atoms with van der Waals surface area (Å²) < 4.78 is 1.83. The van der Waals surface area contributed by atoms with Crippen LogP contribution in [0.4, 0.5) is 0 Å². The first-order valence-corrected chi connectivity index (χ1v) is 7.84. The van der Waals surface area contributed by atoms with Crippen LogP contribution in [0.5, 0.6) is 0 Å². The van der Waals surface area contributed by atoms with Gasteiger partial charge in [0, 0.05) is 30.9 Å². The number of thiazole rings is 1. The van der Waals surface area contributed by atoms with Gasteiger partial charge in [-0.1, -0.05) is 0 Å². The predicted octanol–water partition coefficient (Wildman–Crippen LogP) is -0.185. The zero-order valence-corrected chi connectivity index (χ0v) is 12.5. The lowest BCUT2D eigenvalue weighted by Crippen LogP contribution is -2.50. The Morgan fingerprint density at radius 3 is 2.82 bits per heavy atom. The molecule has 8 nitrogen and oxygen atoms in total. The van der Waals surface area contributed by atoms with E-state index in [1.807, 2.05) is 16.0 Å². The zero-order valence-electron chi connectivity index (χ0n) is 11.7. The fourth-order valence-corrected chi connectivity index (χ4v) is 3.65. The van der Waals surface area contributed by atoms with Crippen LogP contribution in [0.15, 0.2) is 22.8 Å². The molecule has 0 bridgehead atoms. The van der Waals surface area contributed by atoms with Gasteiger partial charge in [0.2, 0.25) is 0 Å². The third-order valence-corrected chi connectivity index (χ3v) is 4.96.